The number of carbonyl (C=O) groups is 2. The van der Waals surface area contributed by atoms with E-state index in [1.54, 1.807) is 19.1 Å². The molecule has 0 atom stereocenters. The number of ether oxygens (including phenoxy) is 1. The van der Waals surface area contributed by atoms with Gasteiger partial charge in [-0.1, -0.05) is 47.6 Å². The normalized spacial score (nSPS) is 11.2. The van der Waals surface area contributed by atoms with Gasteiger partial charge >= 0.3 is 12.1 Å². The van der Waals surface area contributed by atoms with Crippen LogP contribution in [-0.2, 0) is 22.3 Å². The maximum atomic E-state index is 13.0. The van der Waals surface area contributed by atoms with Gasteiger partial charge in [0.25, 0.3) is 5.91 Å². The Morgan fingerprint density at radius 3 is 2.35 bits per heavy atom. The second-order valence-electron chi connectivity index (χ2n) is 6.60. The predicted octanol–water partition coefficient (Wildman–Crippen LogP) is 4.57. The van der Waals surface area contributed by atoms with E-state index in [-0.39, 0.29) is 18.9 Å². The van der Waals surface area contributed by atoms with E-state index in [2.05, 4.69) is 5.16 Å². The zero-order chi connectivity index (χ0) is 22.4. The molecule has 0 fully saturated rings. The number of esters is 1. The van der Waals surface area contributed by atoms with Crippen LogP contribution in [-0.4, -0.2) is 35.1 Å². The van der Waals surface area contributed by atoms with Gasteiger partial charge in [0.1, 0.15) is 12.2 Å². The van der Waals surface area contributed by atoms with Gasteiger partial charge in [-0.15, -0.1) is 0 Å². The van der Waals surface area contributed by atoms with Crippen LogP contribution in [0.3, 0.4) is 0 Å². The molecule has 0 N–H and O–H groups in total. The zero-order valence-corrected chi connectivity index (χ0v) is 16.6. The van der Waals surface area contributed by atoms with Crippen LogP contribution in [0.15, 0.2) is 65.2 Å². The highest BCUT2D eigenvalue weighted by molar-refractivity contribution is 5.94. The monoisotopic (exact) mass is 432 g/mol. The van der Waals surface area contributed by atoms with Crippen LogP contribution in [0, 0.1) is 0 Å². The molecular formula is C22H19F3N2O4. The lowest BCUT2D eigenvalue weighted by molar-refractivity contribution is -0.144. The van der Waals surface area contributed by atoms with Crippen molar-refractivity contribution >= 4 is 11.9 Å². The van der Waals surface area contributed by atoms with Crippen molar-refractivity contribution in [2.24, 2.45) is 0 Å². The van der Waals surface area contributed by atoms with Crippen molar-refractivity contribution in [2.75, 3.05) is 13.2 Å². The molecule has 3 rings (SSSR count). The Morgan fingerprint density at radius 1 is 1.06 bits per heavy atom. The fourth-order valence-corrected chi connectivity index (χ4v) is 2.86. The number of nitrogens with zero attached hydrogens (tertiary/aromatic N) is 2. The molecule has 0 saturated carbocycles. The van der Waals surface area contributed by atoms with Crippen LogP contribution in [0.25, 0.3) is 11.3 Å². The molecular weight excluding hydrogens is 413 g/mol. The second kappa shape index (κ2) is 9.46. The molecule has 1 aromatic heterocycles. The van der Waals surface area contributed by atoms with Crippen LogP contribution < -0.4 is 0 Å². The molecule has 31 heavy (non-hydrogen) atoms. The number of aromatic nitrogens is 1. The predicted molar refractivity (Wildman–Crippen MR) is 105 cm³/mol. The molecule has 0 unspecified atom stereocenters. The highest BCUT2D eigenvalue weighted by atomic mass is 19.4. The minimum absolute atomic E-state index is 0.102. The molecule has 0 aliphatic rings. The molecule has 0 bridgehead atoms. The van der Waals surface area contributed by atoms with Gasteiger partial charge in [-0.3, -0.25) is 9.59 Å². The van der Waals surface area contributed by atoms with E-state index in [1.807, 2.05) is 18.2 Å². The summed E-state index contributed by atoms with van der Waals surface area (Å²) in [4.78, 5) is 26.1. The highest BCUT2D eigenvalue weighted by Crippen LogP contribution is 2.29. The van der Waals surface area contributed by atoms with Gasteiger partial charge in [-0.2, -0.15) is 13.2 Å². The second-order valence-corrected chi connectivity index (χ2v) is 6.60. The van der Waals surface area contributed by atoms with Crippen molar-refractivity contribution in [1.82, 2.24) is 10.1 Å². The number of hydrogen-bond donors (Lipinski definition) is 0. The van der Waals surface area contributed by atoms with Crippen molar-refractivity contribution < 1.29 is 32.0 Å². The summed E-state index contributed by atoms with van der Waals surface area (Å²) in [6.07, 6.45) is -4.47. The van der Waals surface area contributed by atoms with Gasteiger partial charge in [0.15, 0.2) is 0 Å². The Labute approximate surface area is 176 Å². The summed E-state index contributed by atoms with van der Waals surface area (Å²) < 4.78 is 48.4. The maximum absolute atomic E-state index is 13.0. The van der Waals surface area contributed by atoms with Crippen molar-refractivity contribution in [3.63, 3.8) is 0 Å². The van der Waals surface area contributed by atoms with Crippen LogP contribution >= 0.6 is 0 Å². The SMILES string of the molecule is CCOC(=O)CN(Cc1ccc(C(F)(F)F)cc1)C(=O)c1cc(-c2ccccc2)no1. The number of hydrogen-bond acceptors (Lipinski definition) is 5. The molecule has 2 aromatic carbocycles. The summed E-state index contributed by atoms with van der Waals surface area (Å²) in [6.45, 7) is 1.25. The van der Waals surface area contributed by atoms with E-state index in [1.165, 1.54) is 18.2 Å². The summed E-state index contributed by atoms with van der Waals surface area (Å²) >= 11 is 0. The first-order chi connectivity index (χ1) is 14.8. The molecule has 0 aliphatic carbocycles. The first-order valence-corrected chi connectivity index (χ1v) is 9.41. The van der Waals surface area contributed by atoms with Crippen molar-refractivity contribution in [1.29, 1.82) is 0 Å². The van der Waals surface area contributed by atoms with Crippen molar-refractivity contribution in [2.45, 2.75) is 19.6 Å². The standard InChI is InChI=1S/C22H19F3N2O4/c1-2-30-20(28)14-27(13-15-8-10-17(11-9-15)22(23,24)25)21(29)19-12-18(26-31-19)16-6-4-3-5-7-16/h3-12H,2,13-14H2,1H3. The number of carbonyl (C=O) groups excluding carboxylic acids is 2. The van der Waals surface area contributed by atoms with E-state index in [4.69, 9.17) is 9.26 Å². The highest BCUT2D eigenvalue weighted by Gasteiger charge is 2.30. The van der Waals surface area contributed by atoms with E-state index in [0.717, 1.165) is 22.6 Å². The fourth-order valence-electron chi connectivity index (χ4n) is 2.86. The minimum Gasteiger partial charge on any atom is -0.465 e. The topological polar surface area (TPSA) is 72.6 Å². The first-order valence-electron chi connectivity index (χ1n) is 9.41. The maximum Gasteiger partial charge on any atom is 0.416 e. The lowest BCUT2D eigenvalue weighted by atomic mass is 10.1. The third-order valence-electron chi connectivity index (χ3n) is 4.36. The van der Waals surface area contributed by atoms with Gasteiger partial charge in [0, 0.05) is 18.2 Å². The molecule has 0 saturated heterocycles. The lowest BCUT2D eigenvalue weighted by Gasteiger charge is -2.20. The Balaban J connectivity index is 1.82. The quantitative estimate of drug-likeness (QED) is 0.512. The van der Waals surface area contributed by atoms with Gasteiger partial charge < -0.3 is 14.2 Å². The molecule has 1 heterocycles. The number of benzene rings is 2. The molecule has 0 radical (unpaired) electrons. The summed E-state index contributed by atoms with van der Waals surface area (Å²) in [5.41, 5.74) is 0.787. The van der Waals surface area contributed by atoms with Gasteiger partial charge in [0.2, 0.25) is 5.76 Å². The Morgan fingerprint density at radius 2 is 1.74 bits per heavy atom. The Kier molecular flexibility index (Phi) is 6.74. The van der Waals surface area contributed by atoms with Crippen LogP contribution in [0.2, 0.25) is 0 Å². The third kappa shape index (κ3) is 5.71. The summed E-state index contributed by atoms with van der Waals surface area (Å²) in [7, 11) is 0. The summed E-state index contributed by atoms with van der Waals surface area (Å²) in [5, 5.41) is 3.89. The summed E-state index contributed by atoms with van der Waals surface area (Å²) in [6, 6.07) is 14.8. The van der Waals surface area contributed by atoms with Crippen molar-refractivity contribution in [3.05, 3.63) is 77.6 Å². The molecule has 0 aliphatic heterocycles. The Bertz CT molecular complexity index is 1030. The van der Waals surface area contributed by atoms with Crippen LogP contribution in [0.5, 0.6) is 0 Å². The van der Waals surface area contributed by atoms with E-state index in [9.17, 15) is 22.8 Å². The van der Waals surface area contributed by atoms with Gasteiger partial charge in [0.05, 0.1) is 12.2 Å². The molecule has 3 aromatic rings. The van der Waals surface area contributed by atoms with E-state index < -0.39 is 30.2 Å². The smallest absolute Gasteiger partial charge is 0.416 e. The van der Waals surface area contributed by atoms with Crippen LogP contribution in [0.4, 0.5) is 13.2 Å². The number of amides is 1. The fraction of sp³-hybridized carbons (Fsp3) is 0.227. The van der Waals surface area contributed by atoms with E-state index in [0.29, 0.717) is 11.3 Å². The average molecular weight is 432 g/mol. The van der Waals surface area contributed by atoms with Crippen molar-refractivity contribution in [3.8, 4) is 11.3 Å². The molecule has 6 nitrogen and oxygen atoms in total. The van der Waals surface area contributed by atoms with E-state index >= 15 is 0 Å². The summed E-state index contributed by atoms with van der Waals surface area (Å²) in [5.74, 6) is -1.39. The average Bonchev–Trinajstić information content (AvgIpc) is 3.23. The molecule has 162 valence electrons. The minimum atomic E-state index is -4.47. The molecule has 1 amide bonds. The lowest BCUT2D eigenvalue weighted by Crippen LogP contribution is -2.36. The first kappa shape index (κ1) is 22.1. The largest absolute Gasteiger partial charge is 0.465 e. The number of halogens is 3. The van der Waals surface area contributed by atoms with Gasteiger partial charge in [-0.05, 0) is 24.6 Å². The third-order valence-corrected chi connectivity index (χ3v) is 4.36. The number of rotatable bonds is 7. The zero-order valence-electron chi connectivity index (χ0n) is 16.6. The number of alkyl halides is 3. The molecule has 9 heteroatoms. The van der Waals surface area contributed by atoms with Crippen LogP contribution in [0.1, 0.15) is 28.6 Å². The molecule has 0 spiro atoms. The van der Waals surface area contributed by atoms with Gasteiger partial charge in [-0.25, -0.2) is 0 Å². The Hall–Kier alpha value is -3.62.